The highest BCUT2D eigenvalue weighted by atomic mass is 16.2. The topological polar surface area (TPSA) is 80.9 Å². The Morgan fingerprint density at radius 1 is 1.39 bits per heavy atom. The summed E-state index contributed by atoms with van der Waals surface area (Å²) >= 11 is 0. The van der Waals surface area contributed by atoms with E-state index >= 15 is 0 Å². The van der Waals surface area contributed by atoms with Gasteiger partial charge >= 0.3 is 0 Å². The van der Waals surface area contributed by atoms with Gasteiger partial charge in [0, 0.05) is 43.3 Å². The Balaban J connectivity index is 1.56. The Labute approximate surface area is 135 Å². The predicted molar refractivity (Wildman–Crippen MR) is 85.1 cm³/mol. The minimum Gasteiger partial charge on any atom is -0.347 e. The normalized spacial score (nSPS) is 21.6. The highest BCUT2D eigenvalue weighted by molar-refractivity contribution is 5.94. The molecule has 23 heavy (non-hydrogen) atoms. The van der Waals surface area contributed by atoms with Crippen LogP contribution in [-0.4, -0.2) is 62.1 Å². The van der Waals surface area contributed by atoms with E-state index in [0.29, 0.717) is 12.2 Å². The molecule has 1 fully saturated rings. The van der Waals surface area contributed by atoms with Crippen LogP contribution in [0.1, 0.15) is 47.0 Å². The third-order valence-corrected chi connectivity index (χ3v) is 5.03. The first-order valence-electron chi connectivity index (χ1n) is 8.36. The summed E-state index contributed by atoms with van der Waals surface area (Å²) in [5.74, 6) is 0.980. The van der Waals surface area contributed by atoms with Gasteiger partial charge in [0.05, 0.1) is 6.04 Å². The zero-order valence-corrected chi connectivity index (χ0v) is 13.4. The number of aromatic nitrogens is 4. The highest BCUT2D eigenvalue weighted by Gasteiger charge is 2.34. The van der Waals surface area contributed by atoms with Crippen molar-refractivity contribution in [2.45, 2.75) is 32.2 Å². The molecule has 0 saturated carbocycles. The Kier molecular flexibility index (Phi) is 3.65. The van der Waals surface area contributed by atoms with Crippen molar-refractivity contribution in [2.24, 2.45) is 0 Å². The number of nitrogens with zero attached hydrogens (tertiary/aromatic N) is 4. The molecular weight excluding hydrogens is 292 g/mol. The van der Waals surface area contributed by atoms with Crippen LogP contribution in [0.5, 0.6) is 0 Å². The maximum Gasteiger partial charge on any atom is 0.274 e. The molecule has 7 nitrogen and oxygen atoms in total. The summed E-state index contributed by atoms with van der Waals surface area (Å²) in [6, 6.07) is 0.125. The van der Waals surface area contributed by atoms with Gasteiger partial charge in [-0.1, -0.05) is 6.92 Å². The summed E-state index contributed by atoms with van der Waals surface area (Å²) in [6.45, 7) is 5.35. The summed E-state index contributed by atoms with van der Waals surface area (Å²) in [6.07, 6.45) is 6.69. The average molecular weight is 314 g/mol. The van der Waals surface area contributed by atoms with E-state index in [4.69, 9.17) is 0 Å². The first-order valence-corrected chi connectivity index (χ1v) is 8.36. The van der Waals surface area contributed by atoms with Crippen LogP contribution in [0.3, 0.4) is 0 Å². The number of hydrogen-bond donors (Lipinski definition) is 2. The summed E-state index contributed by atoms with van der Waals surface area (Å²) in [5.41, 5.74) is 2.89. The van der Waals surface area contributed by atoms with Crippen LogP contribution in [0.25, 0.3) is 0 Å². The standard InChI is InChI=1S/C16H22N6O/c1-2-21-8-9-22(10-13(21)15-17-6-7-18-15)16(23)14-11-4-3-5-12(11)19-20-14/h6-7,13H,2-5,8-10H2,1H3,(H,17,18)(H,19,20). The monoisotopic (exact) mass is 314 g/mol. The Morgan fingerprint density at radius 2 is 2.30 bits per heavy atom. The van der Waals surface area contributed by atoms with E-state index in [1.165, 1.54) is 0 Å². The number of likely N-dealkylation sites (N-methyl/N-ethyl adjacent to an activating group) is 1. The number of imidazole rings is 1. The van der Waals surface area contributed by atoms with Gasteiger partial charge in [0.25, 0.3) is 5.91 Å². The molecule has 1 saturated heterocycles. The molecule has 1 amide bonds. The fourth-order valence-corrected chi connectivity index (χ4v) is 3.75. The molecule has 0 spiro atoms. The van der Waals surface area contributed by atoms with Crippen molar-refractivity contribution in [3.63, 3.8) is 0 Å². The van der Waals surface area contributed by atoms with Crippen molar-refractivity contribution in [1.82, 2.24) is 30.0 Å². The van der Waals surface area contributed by atoms with Gasteiger partial charge in [-0.25, -0.2) is 4.98 Å². The molecule has 0 aromatic carbocycles. The molecule has 2 aromatic rings. The number of H-pyrrole nitrogens is 2. The Hall–Kier alpha value is -2.15. The molecule has 4 rings (SSSR count). The molecule has 122 valence electrons. The molecule has 1 aliphatic heterocycles. The second kappa shape index (κ2) is 5.81. The van der Waals surface area contributed by atoms with Crippen LogP contribution >= 0.6 is 0 Å². The Morgan fingerprint density at radius 3 is 3.09 bits per heavy atom. The summed E-state index contributed by atoms with van der Waals surface area (Å²) in [5, 5.41) is 7.33. The minimum atomic E-state index is 0.0525. The van der Waals surface area contributed by atoms with Gasteiger partial charge < -0.3 is 9.88 Å². The Bertz CT molecular complexity index is 691. The molecule has 0 bridgehead atoms. The van der Waals surface area contributed by atoms with Gasteiger partial charge in [-0.15, -0.1) is 0 Å². The van der Waals surface area contributed by atoms with Gasteiger partial charge in [0.2, 0.25) is 0 Å². The summed E-state index contributed by atoms with van der Waals surface area (Å²) < 4.78 is 0. The lowest BCUT2D eigenvalue weighted by molar-refractivity contribution is 0.0474. The third-order valence-electron chi connectivity index (χ3n) is 5.03. The highest BCUT2D eigenvalue weighted by Crippen LogP contribution is 2.27. The largest absolute Gasteiger partial charge is 0.347 e. The maximum atomic E-state index is 12.9. The van der Waals surface area contributed by atoms with Crippen molar-refractivity contribution in [1.29, 1.82) is 0 Å². The molecule has 3 heterocycles. The van der Waals surface area contributed by atoms with E-state index in [2.05, 4.69) is 32.0 Å². The quantitative estimate of drug-likeness (QED) is 0.890. The number of fused-ring (bicyclic) bond motifs is 1. The van der Waals surface area contributed by atoms with Gasteiger partial charge in [-0.05, 0) is 25.8 Å². The average Bonchev–Trinajstić information content (AvgIpc) is 3.30. The third kappa shape index (κ3) is 2.45. The zero-order valence-electron chi connectivity index (χ0n) is 13.4. The first kappa shape index (κ1) is 14.4. The maximum absolute atomic E-state index is 12.9. The van der Waals surface area contributed by atoms with E-state index < -0.39 is 0 Å². The number of hydrogen-bond acceptors (Lipinski definition) is 4. The number of rotatable bonds is 3. The zero-order chi connectivity index (χ0) is 15.8. The van der Waals surface area contributed by atoms with Crippen LogP contribution < -0.4 is 0 Å². The number of amides is 1. The number of carbonyl (C=O) groups excluding carboxylic acids is 1. The lowest BCUT2D eigenvalue weighted by Crippen LogP contribution is -2.50. The van der Waals surface area contributed by atoms with Gasteiger partial charge in [0.15, 0.2) is 5.69 Å². The fraction of sp³-hybridized carbons (Fsp3) is 0.562. The van der Waals surface area contributed by atoms with Gasteiger partial charge in [-0.2, -0.15) is 5.10 Å². The molecule has 1 unspecified atom stereocenters. The van der Waals surface area contributed by atoms with Gasteiger partial charge in [0.1, 0.15) is 5.82 Å². The van der Waals surface area contributed by atoms with Gasteiger partial charge in [-0.3, -0.25) is 14.8 Å². The fourth-order valence-electron chi connectivity index (χ4n) is 3.75. The van der Waals surface area contributed by atoms with Crippen molar-refractivity contribution < 1.29 is 4.79 Å². The summed E-state index contributed by atoms with van der Waals surface area (Å²) in [4.78, 5) is 24.8. The molecule has 1 aliphatic carbocycles. The van der Waals surface area contributed by atoms with Crippen molar-refractivity contribution >= 4 is 5.91 Å². The predicted octanol–water partition coefficient (Wildman–Crippen LogP) is 1.14. The molecular formula is C16H22N6O. The minimum absolute atomic E-state index is 0.0525. The van der Waals surface area contributed by atoms with Crippen LogP contribution in [-0.2, 0) is 12.8 Å². The van der Waals surface area contributed by atoms with Crippen LogP contribution in [0, 0.1) is 0 Å². The van der Waals surface area contributed by atoms with E-state index in [-0.39, 0.29) is 11.9 Å². The number of carbonyl (C=O) groups is 1. The van der Waals surface area contributed by atoms with E-state index in [9.17, 15) is 4.79 Å². The van der Waals surface area contributed by atoms with E-state index in [1.807, 2.05) is 11.1 Å². The lowest BCUT2D eigenvalue weighted by atomic mass is 10.1. The van der Waals surface area contributed by atoms with Crippen LogP contribution in [0.2, 0.25) is 0 Å². The molecule has 0 radical (unpaired) electrons. The number of nitrogens with one attached hydrogen (secondary N) is 2. The molecule has 2 aromatic heterocycles. The molecule has 2 N–H and O–H groups in total. The van der Waals surface area contributed by atoms with E-state index in [1.54, 1.807) is 6.20 Å². The molecule has 1 atom stereocenters. The first-order chi connectivity index (χ1) is 11.3. The lowest BCUT2D eigenvalue weighted by Gasteiger charge is -2.39. The van der Waals surface area contributed by atoms with Crippen molar-refractivity contribution in [2.75, 3.05) is 26.2 Å². The number of piperazine rings is 1. The van der Waals surface area contributed by atoms with Crippen molar-refractivity contribution in [3.8, 4) is 0 Å². The SMILES string of the molecule is CCN1CCN(C(=O)c2n[nH]c3c2CCC3)CC1c1ncc[nH]1. The number of aromatic amines is 2. The van der Waals surface area contributed by atoms with Crippen molar-refractivity contribution in [3.05, 3.63) is 35.2 Å². The van der Waals surface area contributed by atoms with Crippen LogP contribution in [0.4, 0.5) is 0 Å². The summed E-state index contributed by atoms with van der Waals surface area (Å²) in [7, 11) is 0. The molecule has 2 aliphatic rings. The smallest absolute Gasteiger partial charge is 0.274 e. The van der Waals surface area contributed by atoms with Crippen LogP contribution in [0.15, 0.2) is 12.4 Å². The van der Waals surface area contributed by atoms with E-state index in [0.717, 1.165) is 56.0 Å². The second-order valence-corrected chi connectivity index (χ2v) is 6.25. The second-order valence-electron chi connectivity index (χ2n) is 6.25. The molecule has 7 heteroatoms. The number of aryl methyl sites for hydroxylation is 1.